The topological polar surface area (TPSA) is 101 Å². The van der Waals surface area contributed by atoms with Crippen LogP contribution in [0, 0.1) is 29.9 Å². The molecular formula is C23H19ClF2N4O2. The third-order valence-corrected chi connectivity index (χ3v) is 5.33. The molecule has 0 saturated heterocycles. The predicted molar refractivity (Wildman–Crippen MR) is 116 cm³/mol. The summed E-state index contributed by atoms with van der Waals surface area (Å²) in [7, 11) is 1.52. The third-order valence-electron chi connectivity index (χ3n) is 5.09. The lowest BCUT2D eigenvalue weighted by atomic mass is 9.95. The fourth-order valence-electron chi connectivity index (χ4n) is 3.56. The molecule has 0 unspecified atom stereocenters. The SMILES string of the molecule is Cc1c(F)ccc(F)c1-c1c(C(=O)N[C@@H](CC(N)=O)c2cccc(Cl)c2)cn(C)c1C#N. The van der Waals surface area contributed by atoms with Crippen LogP contribution in [-0.2, 0) is 11.8 Å². The van der Waals surface area contributed by atoms with Crippen molar-refractivity contribution < 1.29 is 18.4 Å². The Bertz CT molecular complexity index is 1260. The Morgan fingerprint density at radius 1 is 1.22 bits per heavy atom. The van der Waals surface area contributed by atoms with E-state index in [0.717, 1.165) is 12.1 Å². The number of amides is 2. The highest BCUT2D eigenvalue weighted by molar-refractivity contribution is 6.30. The minimum Gasteiger partial charge on any atom is -0.370 e. The molecule has 164 valence electrons. The molecule has 3 aromatic rings. The molecule has 9 heteroatoms. The number of nitrogens with two attached hydrogens (primary N) is 1. The first-order valence-electron chi connectivity index (χ1n) is 9.53. The fourth-order valence-corrected chi connectivity index (χ4v) is 3.76. The van der Waals surface area contributed by atoms with Crippen LogP contribution in [0.2, 0.25) is 5.02 Å². The molecule has 32 heavy (non-hydrogen) atoms. The first-order chi connectivity index (χ1) is 15.1. The summed E-state index contributed by atoms with van der Waals surface area (Å²) in [5, 5.41) is 12.7. The van der Waals surface area contributed by atoms with Gasteiger partial charge in [-0.15, -0.1) is 0 Å². The van der Waals surface area contributed by atoms with Gasteiger partial charge < -0.3 is 15.6 Å². The monoisotopic (exact) mass is 456 g/mol. The minimum absolute atomic E-state index is 0.0167. The van der Waals surface area contributed by atoms with Gasteiger partial charge in [-0.2, -0.15) is 5.26 Å². The number of rotatable bonds is 6. The molecule has 2 amide bonds. The summed E-state index contributed by atoms with van der Waals surface area (Å²) in [6.07, 6.45) is 1.14. The first kappa shape index (κ1) is 23.0. The van der Waals surface area contributed by atoms with Crippen molar-refractivity contribution in [3.63, 3.8) is 0 Å². The second-order valence-corrected chi connectivity index (χ2v) is 7.71. The van der Waals surface area contributed by atoms with Gasteiger partial charge in [0, 0.05) is 29.4 Å². The quantitative estimate of drug-likeness (QED) is 0.582. The second kappa shape index (κ2) is 9.20. The van der Waals surface area contributed by atoms with E-state index in [-0.39, 0.29) is 34.4 Å². The Morgan fingerprint density at radius 3 is 2.53 bits per heavy atom. The zero-order valence-electron chi connectivity index (χ0n) is 17.2. The Labute approximate surface area is 188 Å². The highest BCUT2D eigenvalue weighted by Crippen LogP contribution is 2.35. The van der Waals surface area contributed by atoms with Crippen molar-refractivity contribution in [3.8, 4) is 17.2 Å². The van der Waals surface area contributed by atoms with E-state index in [1.54, 1.807) is 24.3 Å². The fraction of sp³-hybridized carbons (Fsp3) is 0.174. The average molecular weight is 457 g/mol. The Balaban J connectivity index is 2.12. The van der Waals surface area contributed by atoms with Crippen molar-refractivity contribution >= 4 is 23.4 Å². The summed E-state index contributed by atoms with van der Waals surface area (Å²) in [6, 6.07) is 9.58. The minimum atomic E-state index is -0.823. The van der Waals surface area contributed by atoms with Gasteiger partial charge in [0.25, 0.3) is 5.91 Å². The summed E-state index contributed by atoms with van der Waals surface area (Å²) in [4.78, 5) is 24.8. The summed E-state index contributed by atoms with van der Waals surface area (Å²) in [5.41, 5.74) is 5.57. The molecule has 0 aliphatic heterocycles. The third kappa shape index (κ3) is 4.48. The van der Waals surface area contributed by atoms with E-state index in [1.165, 1.54) is 24.7 Å². The van der Waals surface area contributed by atoms with Gasteiger partial charge >= 0.3 is 0 Å². The molecule has 3 rings (SSSR count). The largest absolute Gasteiger partial charge is 0.370 e. The molecule has 0 saturated carbocycles. The maximum atomic E-state index is 14.7. The van der Waals surface area contributed by atoms with Crippen LogP contribution in [0.4, 0.5) is 8.78 Å². The molecule has 3 N–H and O–H groups in total. The molecule has 0 radical (unpaired) electrons. The van der Waals surface area contributed by atoms with E-state index in [4.69, 9.17) is 17.3 Å². The maximum Gasteiger partial charge on any atom is 0.254 e. The van der Waals surface area contributed by atoms with Gasteiger partial charge in [0.2, 0.25) is 5.91 Å². The number of halogens is 3. The van der Waals surface area contributed by atoms with Crippen LogP contribution in [0.1, 0.15) is 39.6 Å². The molecule has 1 atom stereocenters. The lowest BCUT2D eigenvalue weighted by molar-refractivity contribution is -0.118. The number of carbonyl (C=O) groups is 2. The number of benzene rings is 2. The highest BCUT2D eigenvalue weighted by atomic mass is 35.5. The van der Waals surface area contributed by atoms with Gasteiger partial charge in [-0.1, -0.05) is 23.7 Å². The van der Waals surface area contributed by atoms with Gasteiger partial charge in [-0.3, -0.25) is 9.59 Å². The number of nitrogens with zero attached hydrogens (tertiary/aromatic N) is 2. The van der Waals surface area contributed by atoms with Crippen LogP contribution < -0.4 is 11.1 Å². The smallest absolute Gasteiger partial charge is 0.254 e. The van der Waals surface area contributed by atoms with Crippen molar-refractivity contribution in [1.29, 1.82) is 5.26 Å². The first-order valence-corrected chi connectivity index (χ1v) is 9.90. The normalized spacial score (nSPS) is 11.6. The van der Waals surface area contributed by atoms with E-state index in [1.807, 2.05) is 6.07 Å². The maximum absolute atomic E-state index is 14.7. The molecule has 0 bridgehead atoms. The van der Waals surface area contributed by atoms with Crippen molar-refractivity contribution in [2.24, 2.45) is 12.8 Å². The van der Waals surface area contributed by atoms with Crippen molar-refractivity contribution in [2.45, 2.75) is 19.4 Å². The van der Waals surface area contributed by atoms with Crippen LogP contribution >= 0.6 is 11.6 Å². The highest BCUT2D eigenvalue weighted by Gasteiger charge is 2.27. The van der Waals surface area contributed by atoms with E-state index in [9.17, 15) is 23.6 Å². The number of aryl methyl sites for hydroxylation is 1. The predicted octanol–water partition coefficient (Wildman–Crippen LogP) is 4.15. The molecule has 2 aromatic carbocycles. The number of carbonyl (C=O) groups excluding carboxylic acids is 2. The van der Waals surface area contributed by atoms with Crippen LogP contribution in [0.25, 0.3) is 11.1 Å². The number of hydrogen-bond donors (Lipinski definition) is 2. The molecule has 0 aliphatic rings. The Morgan fingerprint density at radius 2 is 1.91 bits per heavy atom. The zero-order valence-corrected chi connectivity index (χ0v) is 18.0. The molecule has 1 aromatic heterocycles. The van der Waals surface area contributed by atoms with Crippen molar-refractivity contribution in [1.82, 2.24) is 9.88 Å². The number of primary amides is 1. The average Bonchev–Trinajstić information content (AvgIpc) is 3.06. The lowest BCUT2D eigenvalue weighted by Crippen LogP contribution is -2.32. The zero-order chi connectivity index (χ0) is 23.6. The van der Waals surface area contributed by atoms with Gasteiger partial charge in [0.05, 0.1) is 18.0 Å². The molecule has 0 spiro atoms. The Kier molecular flexibility index (Phi) is 6.61. The number of hydrogen-bond acceptors (Lipinski definition) is 3. The van der Waals surface area contributed by atoms with Crippen molar-refractivity contribution in [2.75, 3.05) is 0 Å². The summed E-state index contributed by atoms with van der Waals surface area (Å²) in [5.74, 6) is -2.80. The molecule has 6 nitrogen and oxygen atoms in total. The van der Waals surface area contributed by atoms with Crippen LogP contribution in [0.15, 0.2) is 42.6 Å². The van der Waals surface area contributed by atoms with E-state index >= 15 is 0 Å². The summed E-state index contributed by atoms with van der Waals surface area (Å²) < 4.78 is 30.3. The second-order valence-electron chi connectivity index (χ2n) is 7.27. The summed E-state index contributed by atoms with van der Waals surface area (Å²) >= 11 is 6.03. The molecule has 1 heterocycles. The summed E-state index contributed by atoms with van der Waals surface area (Å²) in [6.45, 7) is 1.37. The number of nitriles is 1. The molecule has 0 fully saturated rings. The van der Waals surface area contributed by atoms with Gasteiger partial charge in [-0.05, 0) is 42.3 Å². The van der Waals surface area contributed by atoms with Gasteiger partial charge in [-0.25, -0.2) is 8.78 Å². The number of aromatic nitrogens is 1. The van der Waals surface area contributed by atoms with Crippen LogP contribution in [-0.4, -0.2) is 16.4 Å². The van der Waals surface area contributed by atoms with E-state index in [2.05, 4.69) is 5.32 Å². The molecule has 0 aliphatic carbocycles. The number of nitrogens with one attached hydrogen (secondary N) is 1. The lowest BCUT2D eigenvalue weighted by Gasteiger charge is -2.19. The van der Waals surface area contributed by atoms with Gasteiger partial charge in [0.15, 0.2) is 0 Å². The Hall–Kier alpha value is -3.70. The van der Waals surface area contributed by atoms with E-state index in [0.29, 0.717) is 10.6 Å². The van der Waals surface area contributed by atoms with E-state index < -0.39 is 29.5 Å². The van der Waals surface area contributed by atoms with Crippen molar-refractivity contribution in [3.05, 3.63) is 81.6 Å². The van der Waals surface area contributed by atoms with Crippen LogP contribution in [0.3, 0.4) is 0 Å². The van der Waals surface area contributed by atoms with Gasteiger partial charge in [0.1, 0.15) is 23.4 Å². The molecular weight excluding hydrogens is 438 g/mol. The standard InChI is InChI=1S/C23H19ClF2N4O2/c1-12-16(25)6-7-17(26)21(12)22-15(11-30(2)19(22)10-27)23(32)29-18(9-20(28)31)13-4-3-5-14(24)8-13/h3-8,11,18H,9H2,1-2H3,(H2,28,31)(H,29,32)/t18-/m0/s1. The van der Waals surface area contributed by atoms with Crippen LogP contribution in [0.5, 0.6) is 0 Å².